The van der Waals surface area contributed by atoms with Crippen molar-refractivity contribution >= 4 is 27.3 Å². The molecule has 1 aliphatic rings. The van der Waals surface area contributed by atoms with Crippen molar-refractivity contribution in [2.24, 2.45) is 5.92 Å². The van der Waals surface area contributed by atoms with E-state index in [4.69, 9.17) is 4.74 Å². The summed E-state index contributed by atoms with van der Waals surface area (Å²) in [6, 6.07) is 7.71. The van der Waals surface area contributed by atoms with E-state index in [1.807, 2.05) is 0 Å². The quantitative estimate of drug-likeness (QED) is 0.533. The molecule has 0 radical (unpaired) electrons. The van der Waals surface area contributed by atoms with Crippen LogP contribution < -0.4 is 10.1 Å². The Hall–Kier alpha value is -3.05. The zero-order valence-electron chi connectivity index (χ0n) is 17.0. The van der Waals surface area contributed by atoms with Gasteiger partial charge in [-0.1, -0.05) is 6.07 Å². The van der Waals surface area contributed by atoms with Gasteiger partial charge < -0.3 is 10.1 Å². The van der Waals surface area contributed by atoms with Crippen LogP contribution in [0.25, 0.3) is 0 Å². The molecule has 0 unspecified atom stereocenters. The number of anilines is 1. The van der Waals surface area contributed by atoms with Crippen LogP contribution in [0, 0.1) is 28.8 Å². The molecule has 3 rings (SSSR count). The number of hydrogen-bond donors (Lipinski definition) is 1. The van der Waals surface area contributed by atoms with Crippen molar-refractivity contribution < 1.29 is 27.3 Å². The van der Waals surface area contributed by atoms with Gasteiger partial charge in [-0.15, -0.1) is 0 Å². The molecular weight excluding hydrogens is 429 g/mol. The Morgan fingerprint density at radius 2 is 1.94 bits per heavy atom. The summed E-state index contributed by atoms with van der Waals surface area (Å²) in [7, 11) is -2.69. The third kappa shape index (κ3) is 4.67. The molecule has 0 aliphatic carbocycles. The van der Waals surface area contributed by atoms with Crippen molar-refractivity contribution in [2.75, 3.05) is 25.5 Å². The van der Waals surface area contributed by atoms with Crippen molar-refractivity contribution in [3.63, 3.8) is 0 Å². The summed E-state index contributed by atoms with van der Waals surface area (Å²) in [5, 5.41) is 13.8. The number of sulfonamides is 1. The number of methoxy groups -OCH3 is 1. The summed E-state index contributed by atoms with van der Waals surface area (Å²) in [5.74, 6) is -1.44. The molecule has 1 saturated heterocycles. The number of nitro benzene ring substituents is 1. The molecule has 1 amide bonds. The maximum absolute atomic E-state index is 13.6. The first kappa shape index (κ1) is 22.6. The van der Waals surface area contributed by atoms with Gasteiger partial charge in [0.25, 0.3) is 5.69 Å². The first-order valence-corrected chi connectivity index (χ1v) is 11.0. The molecule has 0 atom stereocenters. The Morgan fingerprint density at radius 1 is 1.26 bits per heavy atom. The molecule has 2 aromatic rings. The van der Waals surface area contributed by atoms with E-state index in [9.17, 15) is 27.7 Å². The SMILES string of the molecule is COc1ccc(F)cc1S(=O)(=O)N1CCC(C(=O)Nc2cccc([N+](=O)[O-])c2C)CC1. The highest BCUT2D eigenvalue weighted by molar-refractivity contribution is 7.89. The van der Waals surface area contributed by atoms with Gasteiger partial charge in [0.1, 0.15) is 16.5 Å². The molecule has 1 fully saturated rings. The van der Waals surface area contributed by atoms with Crippen molar-refractivity contribution in [3.05, 3.63) is 57.9 Å². The van der Waals surface area contributed by atoms with Crippen molar-refractivity contribution in [2.45, 2.75) is 24.7 Å². The monoisotopic (exact) mass is 451 g/mol. The van der Waals surface area contributed by atoms with E-state index in [1.165, 1.54) is 29.6 Å². The number of piperidine rings is 1. The minimum atomic E-state index is -4.00. The van der Waals surface area contributed by atoms with Gasteiger partial charge in [0, 0.05) is 25.1 Å². The summed E-state index contributed by atoms with van der Waals surface area (Å²) in [5.41, 5.74) is 0.598. The normalized spacial score (nSPS) is 15.5. The van der Waals surface area contributed by atoms with Crippen molar-refractivity contribution in [3.8, 4) is 5.75 Å². The number of carbonyl (C=O) groups excluding carboxylic acids is 1. The highest BCUT2D eigenvalue weighted by Crippen LogP contribution is 2.31. The van der Waals surface area contributed by atoms with E-state index in [1.54, 1.807) is 13.0 Å². The van der Waals surface area contributed by atoms with Crippen LogP contribution in [0.5, 0.6) is 5.75 Å². The van der Waals surface area contributed by atoms with E-state index in [-0.39, 0.29) is 48.2 Å². The average molecular weight is 451 g/mol. The van der Waals surface area contributed by atoms with Gasteiger partial charge in [0.05, 0.1) is 23.3 Å². The number of ether oxygens (including phenoxy) is 1. The van der Waals surface area contributed by atoms with Crippen molar-refractivity contribution in [1.29, 1.82) is 0 Å². The lowest BCUT2D eigenvalue weighted by atomic mass is 9.97. The highest BCUT2D eigenvalue weighted by Gasteiger charge is 2.34. The zero-order chi connectivity index (χ0) is 22.8. The van der Waals surface area contributed by atoms with Crippen LogP contribution in [-0.2, 0) is 14.8 Å². The minimum Gasteiger partial charge on any atom is -0.495 e. The van der Waals surface area contributed by atoms with Gasteiger partial charge in [-0.05, 0) is 44.0 Å². The maximum atomic E-state index is 13.6. The van der Waals surface area contributed by atoms with Crippen molar-refractivity contribution in [1.82, 2.24) is 4.31 Å². The fourth-order valence-corrected chi connectivity index (χ4v) is 5.18. The number of nitro groups is 1. The van der Waals surface area contributed by atoms with Gasteiger partial charge in [0.2, 0.25) is 15.9 Å². The molecule has 0 spiro atoms. The molecule has 0 aromatic heterocycles. The smallest absolute Gasteiger partial charge is 0.274 e. The van der Waals surface area contributed by atoms with Gasteiger partial charge in [-0.2, -0.15) is 4.31 Å². The molecular formula is C20H22FN3O6S. The van der Waals surface area contributed by atoms with E-state index in [0.717, 1.165) is 12.1 Å². The second-order valence-electron chi connectivity index (χ2n) is 7.17. The molecule has 1 N–H and O–H groups in total. The van der Waals surface area contributed by atoms with Gasteiger partial charge in [-0.25, -0.2) is 12.8 Å². The second-order valence-corrected chi connectivity index (χ2v) is 9.08. The first-order chi connectivity index (χ1) is 14.6. The predicted octanol–water partition coefficient (Wildman–Crippen LogP) is 3.09. The number of nitrogens with zero attached hydrogens (tertiary/aromatic N) is 2. The van der Waals surface area contributed by atoms with Crippen LogP contribution in [0.4, 0.5) is 15.8 Å². The maximum Gasteiger partial charge on any atom is 0.274 e. The lowest BCUT2D eigenvalue weighted by molar-refractivity contribution is -0.385. The third-order valence-corrected chi connectivity index (χ3v) is 7.25. The van der Waals surface area contributed by atoms with Gasteiger partial charge in [0.15, 0.2) is 0 Å². The fourth-order valence-electron chi connectivity index (χ4n) is 3.54. The largest absolute Gasteiger partial charge is 0.495 e. The molecule has 2 aromatic carbocycles. The molecule has 9 nitrogen and oxygen atoms in total. The lowest BCUT2D eigenvalue weighted by Gasteiger charge is -2.31. The van der Waals surface area contributed by atoms with E-state index in [0.29, 0.717) is 11.3 Å². The predicted molar refractivity (Wildman–Crippen MR) is 111 cm³/mol. The number of amides is 1. The highest BCUT2D eigenvalue weighted by atomic mass is 32.2. The molecule has 0 saturated carbocycles. The molecule has 1 heterocycles. The van der Waals surface area contributed by atoms with E-state index in [2.05, 4.69) is 5.32 Å². The number of halogens is 1. The number of carbonyl (C=O) groups is 1. The molecule has 1 aliphatic heterocycles. The van der Waals surface area contributed by atoms with E-state index >= 15 is 0 Å². The lowest BCUT2D eigenvalue weighted by Crippen LogP contribution is -2.41. The van der Waals surface area contributed by atoms with Crippen LogP contribution in [0.15, 0.2) is 41.3 Å². The summed E-state index contributed by atoms with van der Waals surface area (Å²) >= 11 is 0. The Balaban J connectivity index is 1.70. The molecule has 11 heteroatoms. The molecule has 0 bridgehead atoms. The van der Waals surface area contributed by atoms with Gasteiger partial charge in [-0.3, -0.25) is 14.9 Å². The topological polar surface area (TPSA) is 119 Å². The standard InChI is InChI=1S/C20H22FN3O6S/c1-13-16(4-3-5-17(13)24(26)27)22-20(25)14-8-10-23(11-9-14)31(28,29)19-12-15(21)6-7-18(19)30-2/h3-7,12,14H,8-11H2,1-2H3,(H,22,25). The summed E-state index contributed by atoms with van der Waals surface area (Å²) < 4.78 is 45.8. The summed E-state index contributed by atoms with van der Waals surface area (Å²) in [6.07, 6.45) is 0.521. The average Bonchev–Trinajstić information content (AvgIpc) is 2.75. The fraction of sp³-hybridized carbons (Fsp3) is 0.350. The zero-order valence-corrected chi connectivity index (χ0v) is 17.8. The van der Waals surface area contributed by atoms with E-state index < -0.39 is 26.7 Å². The second kappa shape index (κ2) is 8.98. The minimum absolute atomic E-state index is 0.0439. The third-order valence-electron chi connectivity index (χ3n) is 5.33. The number of benzene rings is 2. The Kier molecular flexibility index (Phi) is 6.56. The van der Waals surface area contributed by atoms with Crippen LogP contribution in [0.1, 0.15) is 18.4 Å². The van der Waals surface area contributed by atoms with Crippen LogP contribution in [-0.4, -0.2) is 43.8 Å². The Bertz CT molecular complexity index is 1110. The first-order valence-electron chi connectivity index (χ1n) is 9.53. The van der Waals surface area contributed by atoms with Crippen LogP contribution in [0.2, 0.25) is 0 Å². The van der Waals surface area contributed by atoms with Gasteiger partial charge >= 0.3 is 0 Å². The summed E-state index contributed by atoms with van der Waals surface area (Å²) in [4.78, 5) is 22.9. The van der Waals surface area contributed by atoms with Crippen LogP contribution >= 0.6 is 0 Å². The Morgan fingerprint density at radius 3 is 2.55 bits per heavy atom. The summed E-state index contributed by atoms with van der Waals surface area (Å²) in [6.45, 7) is 1.71. The molecule has 166 valence electrons. The number of nitrogens with one attached hydrogen (secondary N) is 1. The number of rotatable bonds is 6. The Labute approximate surface area is 179 Å². The van der Waals surface area contributed by atoms with Crippen LogP contribution in [0.3, 0.4) is 0 Å². The number of hydrogen-bond acceptors (Lipinski definition) is 6. The molecule has 31 heavy (non-hydrogen) atoms.